The number of benzene rings is 11. The van der Waals surface area contributed by atoms with Gasteiger partial charge in [-0.05, 0) is 98.6 Å². The molecule has 11 aromatic carbocycles. The van der Waals surface area contributed by atoms with E-state index in [1.807, 2.05) is 0 Å². The Morgan fingerprint density at radius 3 is 1.30 bits per heavy atom. The second-order valence-corrected chi connectivity index (χ2v) is 22.2. The zero-order chi connectivity index (χ0) is 46.2. The van der Waals surface area contributed by atoms with Crippen molar-refractivity contribution in [3.05, 3.63) is 273 Å². The Morgan fingerprint density at radius 1 is 0.229 bits per heavy atom. The number of aromatic nitrogens is 3. The highest BCUT2D eigenvalue weighted by Crippen LogP contribution is 2.41. The van der Waals surface area contributed by atoms with E-state index in [0.29, 0.717) is 0 Å². The molecule has 0 saturated heterocycles. The molecule has 14 aromatic rings. The van der Waals surface area contributed by atoms with E-state index in [2.05, 4.69) is 287 Å². The summed E-state index contributed by atoms with van der Waals surface area (Å²) in [6.45, 7) is 0. The number of fused-ring (bicyclic) bond motifs is 9. The number of hydrogen-bond acceptors (Lipinski definition) is 0. The Labute approximate surface area is 407 Å². The highest BCUT2D eigenvalue weighted by atomic mass is 28.3. The summed E-state index contributed by atoms with van der Waals surface area (Å²) in [5.41, 5.74) is 12.9. The molecule has 0 aliphatic heterocycles. The van der Waals surface area contributed by atoms with Crippen molar-refractivity contribution in [1.82, 2.24) is 13.7 Å². The molecule has 14 rings (SSSR count). The molecule has 328 valence electrons. The molecule has 3 heterocycles. The summed E-state index contributed by atoms with van der Waals surface area (Å²) in [6.07, 6.45) is 0. The fraction of sp³-hybridized carbons (Fsp3) is 0. The Balaban J connectivity index is 1.02. The van der Waals surface area contributed by atoms with Gasteiger partial charge in [-0.15, -0.1) is 0 Å². The predicted octanol–water partition coefficient (Wildman–Crippen LogP) is 14.0. The van der Waals surface area contributed by atoms with Crippen molar-refractivity contribution in [3.8, 4) is 28.2 Å². The molecule has 0 bridgehead atoms. The molecule has 3 aromatic heterocycles. The van der Waals surface area contributed by atoms with Crippen LogP contribution in [0.1, 0.15) is 0 Å². The van der Waals surface area contributed by atoms with Crippen LogP contribution in [0.4, 0.5) is 0 Å². The summed E-state index contributed by atoms with van der Waals surface area (Å²) >= 11 is 0. The van der Waals surface area contributed by atoms with Gasteiger partial charge >= 0.3 is 0 Å². The van der Waals surface area contributed by atoms with Gasteiger partial charge in [0, 0.05) is 43.7 Å². The molecule has 3 nitrogen and oxygen atoms in total. The first-order chi connectivity index (χ1) is 34.8. The molecule has 0 N–H and O–H groups in total. The van der Waals surface area contributed by atoms with E-state index in [-0.39, 0.29) is 0 Å². The van der Waals surface area contributed by atoms with Crippen LogP contribution >= 0.6 is 0 Å². The van der Waals surface area contributed by atoms with Crippen molar-refractivity contribution in [3.63, 3.8) is 0 Å². The van der Waals surface area contributed by atoms with Gasteiger partial charge in [-0.3, -0.25) is 0 Å². The van der Waals surface area contributed by atoms with Crippen molar-refractivity contribution in [2.45, 2.75) is 0 Å². The normalized spacial score (nSPS) is 12.0. The molecule has 4 heteroatoms. The molecule has 0 aliphatic carbocycles. The van der Waals surface area contributed by atoms with Gasteiger partial charge in [0.15, 0.2) is 8.07 Å². The first-order valence-corrected chi connectivity index (χ1v) is 26.2. The van der Waals surface area contributed by atoms with Crippen LogP contribution in [-0.4, -0.2) is 21.8 Å². The monoisotopic (exact) mass is 907 g/mol. The lowest BCUT2D eigenvalue weighted by Crippen LogP contribution is -2.74. The molecule has 0 fully saturated rings. The molecule has 0 radical (unpaired) electrons. The first kappa shape index (κ1) is 40.1. The second kappa shape index (κ2) is 16.1. The Hall–Kier alpha value is -8.96. The van der Waals surface area contributed by atoms with Crippen molar-refractivity contribution in [2.75, 3.05) is 0 Å². The van der Waals surface area contributed by atoms with Gasteiger partial charge in [-0.2, -0.15) is 0 Å². The minimum absolute atomic E-state index is 1.14. The molecule has 70 heavy (non-hydrogen) atoms. The van der Waals surface area contributed by atoms with E-state index in [0.717, 1.165) is 17.1 Å². The smallest absolute Gasteiger partial charge is 0.179 e. The van der Waals surface area contributed by atoms with E-state index in [4.69, 9.17) is 0 Å². The van der Waals surface area contributed by atoms with E-state index in [1.54, 1.807) is 0 Å². The third kappa shape index (κ3) is 6.00. The first-order valence-electron chi connectivity index (χ1n) is 24.2. The van der Waals surface area contributed by atoms with Crippen LogP contribution in [0.25, 0.3) is 93.6 Å². The average Bonchev–Trinajstić information content (AvgIpc) is 4.08. The van der Waals surface area contributed by atoms with Crippen molar-refractivity contribution in [1.29, 1.82) is 0 Å². The van der Waals surface area contributed by atoms with Gasteiger partial charge in [0.1, 0.15) is 0 Å². The van der Waals surface area contributed by atoms with Gasteiger partial charge < -0.3 is 13.7 Å². The van der Waals surface area contributed by atoms with Gasteiger partial charge in [-0.1, -0.05) is 206 Å². The lowest BCUT2D eigenvalue weighted by Gasteiger charge is -2.34. The van der Waals surface area contributed by atoms with Crippen LogP contribution in [0, 0.1) is 0 Å². The van der Waals surface area contributed by atoms with Crippen LogP contribution < -0.4 is 20.7 Å². The molecule has 0 atom stereocenters. The van der Waals surface area contributed by atoms with E-state index in [1.165, 1.54) is 97.3 Å². The van der Waals surface area contributed by atoms with Crippen LogP contribution in [0.3, 0.4) is 0 Å². The highest BCUT2D eigenvalue weighted by molar-refractivity contribution is 7.19. The Bertz CT molecular complexity index is 4180. The SMILES string of the molecule is c1ccc(-n2c3ccccc3c3cc(-c4ccc5c6ccccc6n(-c6cccc7c8ccccc8n(-c8cccc([Si](c9ccccc9)(c9ccccc9)c9ccccc9)c8)c67)c5c4)ccc32)cc1. The Morgan fingerprint density at radius 2 is 0.657 bits per heavy atom. The van der Waals surface area contributed by atoms with Gasteiger partial charge in [0.05, 0.1) is 38.8 Å². The fourth-order valence-corrected chi connectivity index (χ4v) is 16.6. The molecule has 0 amide bonds. The predicted molar refractivity (Wildman–Crippen MR) is 299 cm³/mol. The molecule has 0 saturated carbocycles. The minimum atomic E-state index is -2.83. The summed E-state index contributed by atoms with van der Waals surface area (Å²) in [6, 6.07) is 101. The summed E-state index contributed by atoms with van der Waals surface area (Å²) in [5, 5.41) is 12.8. The van der Waals surface area contributed by atoms with E-state index >= 15 is 0 Å². The number of rotatable bonds is 8. The molecular formula is C66H45N3Si. The van der Waals surface area contributed by atoms with Crippen molar-refractivity contribution >= 4 is 94.2 Å². The third-order valence-corrected chi connectivity index (χ3v) is 19.5. The van der Waals surface area contributed by atoms with Crippen molar-refractivity contribution < 1.29 is 0 Å². The maximum Gasteiger partial charge on any atom is 0.179 e. The largest absolute Gasteiger partial charge is 0.309 e. The summed E-state index contributed by atoms with van der Waals surface area (Å²) < 4.78 is 7.44. The molecule has 0 aliphatic rings. The van der Waals surface area contributed by atoms with E-state index in [9.17, 15) is 0 Å². The number of nitrogens with zero attached hydrogens (tertiary/aromatic N) is 3. The lowest BCUT2D eigenvalue weighted by atomic mass is 10.0. The van der Waals surface area contributed by atoms with Gasteiger partial charge in [0.25, 0.3) is 0 Å². The van der Waals surface area contributed by atoms with Gasteiger partial charge in [-0.25, -0.2) is 0 Å². The standard InChI is InChI=1S/C66H45N3Si/c1-5-21-48(22-6-1)67-60-35-16-15-33-56(60)59-43-46(40-42-63(59)67)47-39-41-57-54-31-13-18-37-62(54)69(65(57)44-47)64-38-20-34-58-55-32-14-17-36-61(55)68(66(58)64)49-23-19-30-53(45-49)70(50-24-7-2-8-25-50,51-26-9-3-10-27-51)52-28-11-4-12-29-52/h1-45H. The van der Waals surface area contributed by atoms with Crippen LogP contribution in [-0.2, 0) is 0 Å². The lowest BCUT2D eigenvalue weighted by molar-refractivity contribution is 1.13. The number of para-hydroxylation sites is 5. The van der Waals surface area contributed by atoms with Crippen molar-refractivity contribution in [2.24, 2.45) is 0 Å². The molecular weight excluding hydrogens is 863 g/mol. The maximum absolute atomic E-state index is 2.83. The zero-order valence-corrected chi connectivity index (χ0v) is 39.3. The van der Waals surface area contributed by atoms with Gasteiger partial charge in [0.2, 0.25) is 0 Å². The van der Waals surface area contributed by atoms with Crippen LogP contribution in [0.2, 0.25) is 0 Å². The number of hydrogen-bond donors (Lipinski definition) is 0. The van der Waals surface area contributed by atoms with Crippen LogP contribution in [0.15, 0.2) is 273 Å². The average molecular weight is 908 g/mol. The Kier molecular flexibility index (Phi) is 9.23. The zero-order valence-electron chi connectivity index (χ0n) is 38.3. The second-order valence-electron chi connectivity index (χ2n) is 18.4. The maximum atomic E-state index is 2.53. The summed E-state index contributed by atoms with van der Waals surface area (Å²) in [5.74, 6) is 0. The van der Waals surface area contributed by atoms with Crippen LogP contribution in [0.5, 0.6) is 0 Å². The minimum Gasteiger partial charge on any atom is -0.309 e. The molecule has 0 unspecified atom stereocenters. The summed E-state index contributed by atoms with van der Waals surface area (Å²) in [4.78, 5) is 0. The quantitative estimate of drug-likeness (QED) is 0.107. The third-order valence-electron chi connectivity index (χ3n) is 14.8. The molecule has 0 spiro atoms. The highest BCUT2D eigenvalue weighted by Gasteiger charge is 2.41. The topological polar surface area (TPSA) is 14.8 Å². The van der Waals surface area contributed by atoms with E-state index < -0.39 is 8.07 Å². The fourth-order valence-electron chi connectivity index (χ4n) is 11.8. The summed E-state index contributed by atoms with van der Waals surface area (Å²) in [7, 11) is -2.83.